The number of aromatic nitrogens is 2. The molecular weight excluding hydrogens is 302 g/mol. The molecule has 3 rings (SSSR count). The van der Waals surface area contributed by atoms with Gasteiger partial charge in [-0.15, -0.1) is 0 Å². The number of primary amides is 1. The van der Waals surface area contributed by atoms with Crippen LogP contribution in [0.2, 0.25) is 0 Å². The maximum atomic E-state index is 11.3. The van der Waals surface area contributed by atoms with Gasteiger partial charge < -0.3 is 16.0 Å². The molecule has 0 bridgehead atoms. The van der Waals surface area contributed by atoms with Crippen molar-refractivity contribution in [3.63, 3.8) is 0 Å². The molecule has 2 aromatic heterocycles. The van der Waals surface area contributed by atoms with Crippen molar-refractivity contribution < 1.29 is 4.79 Å². The van der Waals surface area contributed by atoms with E-state index in [-0.39, 0.29) is 11.8 Å². The monoisotopic (exact) mass is 325 g/mol. The standard InChI is InChI=1S/C18H23N5O/c1-13-11-16(4-8-20-13)22-12-15-3-2-7-21-18(15)23-9-5-14(6-10-23)17(19)24/h2-4,7-8,11,14H,5-6,9-10,12H2,1H3,(H2,19,24)(H,20,22). The summed E-state index contributed by atoms with van der Waals surface area (Å²) in [6.45, 7) is 4.30. The average Bonchev–Trinajstić information content (AvgIpc) is 2.60. The number of anilines is 2. The first-order valence-corrected chi connectivity index (χ1v) is 8.28. The second-order valence-corrected chi connectivity index (χ2v) is 6.19. The summed E-state index contributed by atoms with van der Waals surface area (Å²) >= 11 is 0. The van der Waals surface area contributed by atoms with E-state index in [1.807, 2.05) is 31.3 Å². The first kappa shape index (κ1) is 16.2. The van der Waals surface area contributed by atoms with E-state index in [0.29, 0.717) is 6.54 Å². The minimum absolute atomic E-state index is 0.00803. The number of pyridine rings is 2. The first-order chi connectivity index (χ1) is 11.6. The maximum Gasteiger partial charge on any atom is 0.220 e. The van der Waals surface area contributed by atoms with E-state index in [1.165, 1.54) is 0 Å². The van der Waals surface area contributed by atoms with Gasteiger partial charge in [0.25, 0.3) is 0 Å². The predicted octanol–water partition coefficient (Wildman–Crippen LogP) is 2.10. The summed E-state index contributed by atoms with van der Waals surface area (Å²) in [5.74, 6) is 0.788. The summed E-state index contributed by atoms with van der Waals surface area (Å²) in [7, 11) is 0. The lowest BCUT2D eigenvalue weighted by Crippen LogP contribution is -2.39. The number of amides is 1. The third kappa shape index (κ3) is 3.82. The highest BCUT2D eigenvalue weighted by Gasteiger charge is 2.24. The van der Waals surface area contributed by atoms with Crippen molar-refractivity contribution in [1.82, 2.24) is 9.97 Å². The number of hydrogen-bond acceptors (Lipinski definition) is 5. The highest BCUT2D eigenvalue weighted by molar-refractivity contribution is 5.77. The summed E-state index contributed by atoms with van der Waals surface area (Å²) in [4.78, 5) is 22.3. The maximum absolute atomic E-state index is 11.3. The number of carbonyl (C=O) groups excluding carboxylic acids is 1. The number of aryl methyl sites for hydroxylation is 1. The molecule has 24 heavy (non-hydrogen) atoms. The molecule has 1 saturated heterocycles. The van der Waals surface area contributed by atoms with Crippen molar-refractivity contribution >= 4 is 17.4 Å². The van der Waals surface area contributed by atoms with Crippen molar-refractivity contribution in [2.24, 2.45) is 11.7 Å². The molecule has 0 aromatic carbocycles. The molecular formula is C18H23N5O. The zero-order valence-corrected chi connectivity index (χ0v) is 13.9. The smallest absolute Gasteiger partial charge is 0.220 e. The van der Waals surface area contributed by atoms with Gasteiger partial charge in [-0.3, -0.25) is 9.78 Å². The topological polar surface area (TPSA) is 84.1 Å². The van der Waals surface area contributed by atoms with Crippen LogP contribution in [0.15, 0.2) is 36.7 Å². The number of rotatable bonds is 5. The third-order valence-corrected chi connectivity index (χ3v) is 4.44. The molecule has 126 valence electrons. The second-order valence-electron chi connectivity index (χ2n) is 6.19. The van der Waals surface area contributed by atoms with Crippen LogP contribution in [0.3, 0.4) is 0 Å². The quantitative estimate of drug-likeness (QED) is 0.879. The van der Waals surface area contributed by atoms with Crippen LogP contribution in [-0.4, -0.2) is 29.0 Å². The highest BCUT2D eigenvalue weighted by Crippen LogP contribution is 2.25. The van der Waals surface area contributed by atoms with Crippen LogP contribution in [0.4, 0.5) is 11.5 Å². The SMILES string of the molecule is Cc1cc(NCc2cccnc2N2CCC(C(N)=O)CC2)ccn1. The fourth-order valence-corrected chi connectivity index (χ4v) is 3.08. The molecule has 2 aromatic rings. The molecule has 1 aliphatic rings. The van der Waals surface area contributed by atoms with Crippen molar-refractivity contribution in [3.05, 3.63) is 47.9 Å². The van der Waals surface area contributed by atoms with Gasteiger partial charge >= 0.3 is 0 Å². The van der Waals surface area contributed by atoms with Gasteiger partial charge in [-0.1, -0.05) is 6.07 Å². The Balaban J connectivity index is 1.68. The van der Waals surface area contributed by atoms with Crippen LogP contribution < -0.4 is 16.0 Å². The van der Waals surface area contributed by atoms with Gasteiger partial charge in [-0.2, -0.15) is 0 Å². The summed E-state index contributed by atoms with van der Waals surface area (Å²) in [6, 6.07) is 8.02. The largest absolute Gasteiger partial charge is 0.381 e. The number of carbonyl (C=O) groups is 1. The number of nitrogens with zero attached hydrogens (tertiary/aromatic N) is 3. The van der Waals surface area contributed by atoms with E-state index < -0.39 is 0 Å². The molecule has 3 N–H and O–H groups in total. The van der Waals surface area contributed by atoms with Gasteiger partial charge in [-0.05, 0) is 38.0 Å². The molecule has 0 unspecified atom stereocenters. The summed E-state index contributed by atoms with van der Waals surface area (Å²) in [6.07, 6.45) is 5.21. The van der Waals surface area contributed by atoms with Crippen LogP contribution in [0, 0.1) is 12.8 Å². The minimum Gasteiger partial charge on any atom is -0.381 e. The lowest BCUT2D eigenvalue weighted by atomic mass is 9.96. The zero-order valence-electron chi connectivity index (χ0n) is 13.9. The fourth-order valence-electron chi connectivity index (χ4n) is 3.08. The lowest BCUT2D eigenvalue weighted by molar-refractivity contribution is -0.122. The van der Waals surface area contributed by atoms with E-state index >= 15 is 0 Å². The molecule has 3 heterocycles. The minimum atomic E-state index is -0.189. The first-order valence-electron chi connectivity index (χ1n) is 8.28. The van der Waals surface area contributed by atoms with Crippen LogP contribution in [0.1, 0.15) is 24.1 Å². The molecule has 0 atom stereocenters. The van der Waals surface area contributed by atoms with Crippen molar-refractivity contribution in [3.8, 4) is 0 Å². The molecule has 1 fully saturated rings. The Labute approximate surface area is 142 Å². The van der Waals surface area contributed by atoms with Gasteiger partial charge in [0.05, 0.1) is 0 Å². The predicted molar refractivity (Wildman–Crippen MR) is 94.7 cm³/mol. The molecule has 0 aliphatic carbocycles. The van der Waals surface area contributed by atoms with Gasteiger partial charge in [0.2, 0.25) is 5.91 Å². The molecule has 0 spiro atoms. The Kier molecular flexibility index (Phi) is 4.93. The number of nitrogens with two attached hydrogens (primary N) is 1. The average molecular weight is 325 g/mol. The van der Waals surface area contributed by atoms with E-state index in [9.17, 15) is 4.79 Å². The van der Waals surface area contributed by atoms with Crippen molar-refractivity contribution in [1.29, 1.82) is 0 Å². The van der Waals surface area contributed by atoms with E-state index in [4.69, 9.17) is 5.73 Å². The number of piperidine rings is 1. The zero-order chi connectivity index (χ0) is 16.9. The van der Waals surface area contributed by atoms with Gasteiger partial charge in [-0.25, -0.2) is 4.98 Å². The van der Waals surface area contributed by atoms with Crippen molar-refractivity contribution in [2.45, 2.75) is 26.3 Å². The molecule has 6 nitrogen and oxygen atoms in total. The third-order valence-electron chi connectivity index (χ3n) is 4.44. The molecule has 1 aliphatic heterocycles. The Morgan fingerprint density at radius 3 is 2.79 bits per heavy atom. The van der Waals surface area contributed by atoms with Crippen LogP contribution in [0.5, 0.6) is 0 Å². The molecule has 1 amide bonds. The van der Waals surface area contributed by atoms with E-state index in [0.717, 1.165) is 48.7 Å². The highest BCUT2D eigenvalue weighted by atomic mass is 16.1. The van der Waals surface area contributed by atoms with Crippen LogP contribution >= 0.6 is 0 Å². The van der Waals surface area contributed by atoms with Gasteiger partial charge in [0.15, 0.2) is 0 Å². The van der Waals surface area contributed by atoms with E-state index in [2.05, 4.69) is 26.3 Å². The fraction of sp³-hybridized carbons (Fsp3) is 0.389. The second kappa shape index (κ2) is 7.29. The summed E-state index contributed by atoms with van der Waals surface area (Å²) in [5.41, 5.74) is 8.59. The van der Waals surface area contributed by atoms with Crippen LogP contribution in [-0.2, 0) is 11.3 Å². The molecule has 0 saturated carbocycles. The Morgan fingerprint density at radius 1 is 1.29 bits per heavy atom. The Hall–Kier alpha value is -2.63. The van der Waals surface area contributed by atoms with Gasteiger partial charge in [0, 0.05) is 54.9 Å². The lowest BCUT2D eigenvalue weighted by Gasteiger charge is -2.32. The molecule has 0 radical (unpaired) electrons. The number of nitrogens with one attached hydrogen (secondary N) is 1. The summed E-state index contributed by atoms with van der Waals surface area (Å²) in [5, 5.41) is 3.43. The Morgan fingerprint density at radius 2 is 2.08 bits per heavy atom. The Bertz CT molecular complexity index is 710. The van der Waals surface area contributed by atoms with E-state index in [1.54, 1.807) is 6.20 Å². The van der Waals surface area contributed by atoms with Gasteiger partial charge in [0.1, 0.15) is 5.82 Å². The van der Waals surface area contributed by atoms with Crippen molar-refractivity contribution in [2.75, 3.05) is 23.3 Å². The van der Waals surface area contributed by atoms with Crippen LogP contribution in [0.25, 0.3) is 0 Å². The number of hydrogen-bond donors (Lipinski definition) is 2. The summed E-state index contributed by atoms with van der Waals surface area (Å²) < 4.78 is 0. The molecule has 6 heteroatoms. The normalized spacial score (nSPS) is 15.3.